The zero-order valence-corrected chi connectivity index (χ0v) is 13.1. The quantitative estimate of drug-likeness (QED) is 0.482. The van der Waals surface area contributed by atoms with Gasteiger partial charge in [0.1, 0.15) is 0 Å². The molecule has 0 spiro atoms. The predicted molar refractivity (Wildman–Crippen MR) is 74.7 cm³/mol. The zero-order chi connectivity index (χ0) is 11.9. The van der Waals surface area contributed by atoms with Crippen LogP contribution in [0.1, 0.15) is 20.3 Å². The fourth-order valence-corrected chi connectivity index (χ4v) is 2.17. The van der Waals surface area contributed by atoms with E-state index in [1.165, 1.54) is 0 Å². The Bertz CT molecular complexity index is 168. The third-order valence-electron chi connectivity index (χ3n) is 2.29. The van der Waals surface area contributed by atoms with Crippen molar-refractivity contribution in [1.82, 2.24) is 0 Å². The van der Waals surface area contributed by atoms with E-state index in [1.54, 1.807) is 7.11 Å². The van der Waals surface area contributed by atoms with Crippen LogP contribution in [-0.4, -0.2) is 41.1 Å². The molecule has 0 saturated heterocycles. The van der Waals surface area contributed by atoms with E-state index in [9.17, 15) is 0 Å². The van der Waals surface area contributed by atoms with Crippen LogP contribution in [0.4, 0.5) is 0 Å². The first-order chi connectivity index (χ1) is 6.96. The van der Waals surface area contributed by atoms with Crippen molar-refractivity contribution in [1.29, 1.82) is 0 Å². The Morgan fingerprint density at radius 1 is 1.27 bits per heavy atom. The van der Waals surface area contributed by atoms with Gasteiger partial charge in [-0.1, -0.05) is 22.6 Å². The van der Waals surface area contributed by atoms with E-state index in [1.807, 2.05) is 13.8 Å². The molecule has 0 aromatic heterocycles. The highest BCUT2D eigenvalue weighted by Gasteiger charge is 2.20. The van der Waals surface area contributed by atoms with Crippen LogP contribution in [0.25, 0.3) is 0 Å². The average Bonchev–Trinajstić information content (AvgIpc) is 2.23. The molecule has 0 aliphatic heterocycles. The lowest BCUT2D eigenvalue weighted by Gasteiger charge is -2.25. The van der Waals surface area contributed by atoms with Crippen molar-refractivity contribution in [2.75, 3.05) is 25.5 Å². The second-order valence-corrected chi connectivity index (χ2v) is 6.16. The molecule has 5 heteroatoms. The minimum absolute atomic E-state index is 0.0254. The molecule has 0 rings (SSSR count). The van der Waals surface area contributed by atoms with Crippen LogP contribution in [-0.2, 0) is 9.47 Å². The number of hydrogen-bond acceptors (Lipinski definition) is 2. The second kappa shape index (κ2) is 8.34. The minimum Gasteiger partial charge on any atom is -0.379 e. The Morgan fingerprint density at radius 3 is 2.27 bits per heavy atom. The molecule has 0 aliphatic rings. The lowest BCUT2D eigenvalue weighted by molar-refractivity contribution is -0.0214. The van der Waals surface area contributed by atoms with E-state index in [2.05, 4.69) is 22.6 Å². The number of rotatable bonds is 8. The van der Waals surface area contributed by atoms with Crippen molar-refractivity contribution in [3.63, 3.8) is 0 Å². The Kier molecular flexibility index (Phi) is 9.02. The number of halogens is 3. The van der Waals surface area contributed by atoms with E-state index in [0.717, 1.165) is 6.42 Å². The maximum Gasteiger partial charge on any atom is 0.0839 e. The van der Waals surface area contributed by atoms with Gasteiger partial charge in [0, 0.05) is 25.5 Å². The highest BCUT2D eigenvalue weighted by atomic mass is 127. The molecule has 0 radical (unpaired) electrons. The van der Waals surface area contributed by atoms with Crippen LogP contribution < -0.4 is 0 Å². The van der Waals surface area contributed by atoms with Crippen molar-refractivity contribution < 1.29 is 9.47 Å². The maximum atomic E-state index is 5.81. The van der Waals surface area contributed by atoms with E-state index in [4.69, 9.17) is 32.7 Å². The summed E-state index contributed by atoms with van der Waals surface area (Å²) in [5, 5.41) is 0. The molecule has 2 atom stereocenters. The molecular formula is C10H19Cl2IO2. The van der Waals surface area contributed by atoms with Crippen molar-refractivity contribution in [3.05, 3.63) is 0 Å². The Morgan fingerprint density at radius 2 is 1.87 bits per heavy atom. The lowest BCUT2D eigenvalue weighted by Crippen LogP contribution is -2.31. The van der Waals surface area contributed by atoms with Gasteiger partial charge >= 0.3 is 0 Å². The van der Waals surface area contributed by atoms with Gasteiger partial charge in [-0.25, -0.2) is 0 Å². The van der Waals surface area contributed by atoms with E-state index < -0.39 is 0 Å². The highest BCUT2D eigenvalue weighted by molar-refractivity contribution is 14.1. The van der Waals surface area contributed by atoms with Crippen LogP contribution in [0, 0.1) is 0 Å². The normalized spacial score (nSPS) is 16.4. The van der Waals surface area contributed by atoms with Crippen molar-refractivity contribution in [3.8, 4) is 0 Å². The highest BCUT2D eigenvalue weighted by Crippen LogP contribution is 2.17. The Hall–Kier alpha value is 1.23. The first kappa shape index (κ1) is 16.2. The summed E-state index contributed by atoms with van der Waals surface area (Å²) in [7, 11) is 1.71. The number of methoxy groups -OCH3 is 1. The smallest absolute Gasteiger partial charge is 0.0839 e. The van der Waals surface area contributed by atoms with Crippen molar-refractivity contribution >= 4 is 45.8 Å². The molecule has 0 N–H and O–H groups in total. The molecule has 0 bridgehead atoms. The van der Waals surface area contributed by atoms with Crippen molar-refractivity contribution in [2.24, 2.45) is 0 Å². The molecule has 0 aromatic rings. The summed E-state index contributed by atoms with van der Waals surface area (Å²) < 4.78 is 11.2. The molecule has 0 aromatic carbocycles. The molecule has 2 nitrogen and oxygen atoms in total. The minimum atomic E-state index is -0.140. The molecule has 0 fully saturated rings. The maximum absolute atomic E-state index is 5.81. The Labute approximate surface area is 116 Å². The zero-order valence-electron chi connectivity index (χ0n) is 9.43. The first-order valence-corrected chi connectivity index (χ1v) is 7.21. The molecule has 0 saturated carbocycles. The van der Waals surface area contributed by atoms with Crippen LogP contribution in [0.5, 0.6) is 0 Å². The number of ether oxygens (including phenoxy) is 2. The average molecular weight is 369 g/mol. The molecule has 0 aliphatic carbocycles. The van der Waals surface area contributed by atoms with Crippen LogP contribution in [0.15, 0.2) is 0 Å². The Balaban J connectivity index is 3.82. The standard InChI is InChI=1S/C10H19Cl2IO2/c1-10(2,14-3)4-5-15-9(7-12)8(13)6-11/h8-9H,4-7H2,1-3H3. The van der Waals surface area contributed by atoms with Gasteiger partial charge in [0.2, 0.25) is 0 Å². The second-order valence-electron chi connectivity index (χ2n) is 3.95. The van der Waals surface area contributed by atoms with Crippen LogP contribution in [0.3, 0.4) is 0 Å². The van der Waals surface area contributed by atoms with E-state index in [-0.39, 0.29) is 15.6 Å². The molecule has 92 valence electrons. The summed E-state index contributed by atoms with van der Waals surface area (Å²) in [6.45, 7) is 4.72. The van der Waals surface area contributed by atoms with Gasteiger partial charge in [0.05, 0.1) is 15.6 Å². The van der Waals surface area contributed by atoms with Crippen LogP contribution in [0.2, 0.25) is 0 Å². The van der Waals surface area contributed by atoms with Gasteiger partial charge in [-0.05, 0) is 20.3 Å². The van der Waals surface area contributed by atoms with Crippen LogP contribution >= 0.6 is 45.8 Å². The van der Waals surface area contributed by atoms with Gasteiger partial charge < -0.3 is 9.47 Å². The molecule has 0 amide bonds. The predicted octanol–water partition coefficient (Wildman–Crippen LogP) is 3.47. The van der Waals surface area contributed by atoms with E-state index in [0.29, 0.717) is 18.4 Å². The van der Waals surface area contributed by atoms with Crippen molar-refractivity contribution in [2.45, 2.75) is 35.9 Å². The summed E-state index contributed by atoms with van der Waals surface area (Å²) in [4.78, 5) is 0. The molecule has 0 heterocycles. The molecular weight excluding hydrogens is 350 g/mol. The van der Waals surface area contributed by atoms with E-state index >= 15 is 0 Å². The van der Waals surface area contributed by atoms with Gasteiger partial charge in [-0.15, -0.1) is 23.2 Å². The van der Waals surface area contributed by atoms with Gasteiger partial charge in [0.15, 0.2) is 0 Å². The summed E-state index contributed by atoms with van der Waals surface area (Å²) >= 11 is 13.8. The number of alkyl halides is 3. The lowest BCUT2D eigenvalue weighted by atomic mass is 10.1. The summed E-state index contributed by atoms with van der Waals surface area (Å²) in [5.41, 5.74) is -0.140. The topological polar surface area (TPSA) is 18.5 Å². The fourth-order valence-electron chi connectivity index (χ4n) is 0.903. The summed E-state index contributed by atoms with van der Waals surface area (Å²) in [5.74, 6) is 1.04. The third-order valence-corrected chi connectivity index (χ3v) is 4.69. The SMILES string of the molecule is COC(C)(C)CCOC(CCl)C(I)CCl. The largest absolute Gasteiger partial charge is 0.379 e. The van der Waals surface area contributed by atoms with Gasteiger partial charge in [-0.2, -0.15) is 0 Å². The summed E-state index contributed by atoms with van der Waals surface area (Å²) in [6, 6.07) is 0. The monoisotopic (exact) mass is 368 g/mol. The number of hydrogen-bond donors (Lipinski definition) is 0. The fraction of sp³-hybridized carbons (Fsp3) is 1.00. The third kappa shape index (κ3) is 7.21. The van der Waals surface area contributed by atoms with Gasteiger partial charge in [0.25, 0.3) is 0 Å². The molecule has 2 unspecified atom stereocenters. The summed E-state index contributed by atoms with van der Waals surface area (Å²) in [6.07, 6.45) is 0.875. The molecule has 15 heavy (non-hydrogen) atoms. The first-order valence-electron chi connectivity index (χ1n) is 4.89. The van der Waals surface area contributed by atoms with Gasteiger partial charge in [-0.3, -0.25) is 0 Å².